The summed E-state index contributed by atoms with van der Waals surface area (Å²) in [6, 6.07) is 8.84. The Morgan fingerprint density at radius 3 is 2.70 bits per heavy atom. The Morgan fingerprint density at radius 1 is 1.26 bits per heavy atom. The third kappa shape index (κ3) is 4.52. The smallest absolute Gasteiger partial charge is 0.410 e. The summed E-state index contributed by atoms with van der Waals surface area (Å²) in [4.78, 5) is 37.9. The van der Waals surface area contributed by atoms with Gasteiger partial charge in [-0.05, 0) is 26.0 Å². The number of carbonyl (C=O) groups excluding carboxylic acids is 2. The first-order chi connectivity index (χ1) is 13.0. The molecule has 0 unspecified atom stereocenters. The van der Waals surface area contributed by atoms with Crippen molar-refractivity contribution in [3.8, 4) is 0 Å². The summed E-state index contributed by atoms with van der Waals surface area (Å²) in [6.45, 7) is 4.60. The SMILES string of the molecule is CCOC(=O)N1CCc2nn(CC(=O)Nc3ccc(C)cc3)c(=O)cc2C1. The molecule has 0 saturated carbocycles. The Bertz CT molecular complexity index is 905. The first-order valence-corrected chi connectivity index (χ1v) is 8.84. The zero-order valence-corrected chi connectivity index (χ0v) is 15.4. The quantitative estimate of drug-likeness (QED) is 0.884. The Balaban J connectivity index is 1.69. The molecule has 0 aliphatic carbocycles. The van der Waals surface area contributed by atoms with E-state index in [1.807, 2.05) is 19.1 Å². The minimum absolute atomic E-state index is 0.165. The average Bonchev–Trinajstić information content (AvgIpc) is 2.64. The number of hydrogen-bond donors (Lipinski definition) is 1. The highest BCUT2D eigenvalue weighted by Crippen LogP contribution is 2.16. The summed E-state index contributed by atoms with van der Waals surface area (Å²) in [6.07, 6.45) is 0.110. The number of carbonyl (C=O) groups is 2. The lowest BCUT2D eigenvalue weighted by molar-refractivity contribution is -0.117. The number of benzene rings is 1. The van der Waals surface area contributed by atoms with Crippen LogP contribution in [0.25, 0.3) is 0 Å². The molecule has 2 amide bonds. The lowest BCUT2D eigenvalue weighted by Crippen LogP contribution is -2.39. The summed E-state index contributed by atoms with van der Waals surface area (Å²) < 4.78 is 6.15. The van der Waals surface area contributed by atoms with Gasteiger partial charge in [0.2, 0.25) is 5.91 Å². The van der Waals surface area contributed by atoms with E-state index in [0.717, 1.165) is 15.9 Å². The van der Waals surface area contributed by atoms with Gasteiger partial charge < -0.3 is 15.0 Å². The van der Waals surface area contributed by atoms with Gasteiger partial charge in [0.05, 0.1) is 18.8 Å². The second-order valence-corrected chi connectivity index (χ2v) is 6.40. The normalized spacial score (nSPS) is 13.0. The van der Waals surface area contributed by atoms with Gasteiger partial charge in [0.15, 0.2) is 0 Å². The summed E-state index contributed by atoms with van der Waals surface area (Å²) >= 11 is 0. The molecule has 1 aliphatic rings. The van der Waals surface area contributed by atoms with Crippen molar-refractivity contribution in [2.75, 3.05) is 18.5 Å². The van der Waals surface area contributed by atoms with Gasteiger partial charge >= 0.3 is 6.09 Å². The Labute approximate surface area is 156 Å². The Kier molecular flexibility index (Phi) is 5.54. The van der Waals surface area contributed by atoms with Crippen molar-refractivity contribution >= 4 is 17.7 Å². The summed E-state index contributed by atoms with van der Waals surface area (Å²) in [5, 5.41) is 7.07. The highest BCUT2D eigenvalue weighted by molar-refractivity contribution is 5.90. The molecule has 0 fully saturated rings. The van der Waals surface area contributed by atoms with Gasteiger partial charge in [0, 0.05) is 30.3 Å². The number of aryl methyl sites for hydroxylation is 1. The molecule has 1 aromatic carbocycles. The standard InChI is InChI=1S/C19H22N4O4/c1-3-27-19(26)22-9-8-16-14(11-22)10-18(25)23(21-16)12-17(24)20-15-6-4-13(2)5-7-15/h4-7,10H,3,8-9,11-12H2,1-2H3,(H,20,24). The van der Waals surface area contributed by atoms with E-state index in [9.17, 15) is 14.4 Å². The van der Waals surface area contributed by atoms with Crippen LogP contribution in [0.2, 0.25) is 0 Å². The van der Waals surface area contributed by atoms with Gasteiger partial charge in [0.25, 0.3) is 5.56 Å². The number of rotatable bonds is 4. The predicted octanol–water partition coefficient (Wildman–Crippen LogP) is 1.71. The fourth-order valence-corrected chi connectivity index (χ4v) is 2.90. The molecule has 27 heavy (non-hydrogen) atoms. The Morgan fingerprint density at radius 2 is 2.00 bits per heavy atom. The molecular formula is C19H22N4O4. The molecular weight excluding hydrogens is 348 g/mol. The molecule has 3 rings (SSSR count). The maximum atomic E-state index is 12.3. The van der Waals surface area contributed by atoms with E-state index < -0.39 is 6.09 Å². The fourth-order valence-electron chi connectivity index (χ4n) is 2.90. The van der Waals surface area contributed by atoms with Crippen LogP contribution >= 0.6 is 0 Å². The van der Waals surface area contributed by atoms with E-state index in [4.69, 9.17) is 4.74 Å². The maximum absolute atomic E-state index is 12.3. The van der Waals surface area contributed by atoms with Crippen molar-refractivity contribution in [1.82, 2.24) is 14.7 Å². The number of anilines is 1. The highest BCUT2D eigenvalue weighted by Gasteiger charge is 2.24. The van der Waals surface area contributed by atoms with Crippen LogP contribution in [0.1, 0.15) is 23.7 Å². The number of nitrogens with one attached hydrogen (secondary N) is 1. The summed E-state index contributed by atoms with van der Waals surface area (Å²) in [5.41, 5.74) is 2.80. The second-order valence-electron chi connectivity index (χ2n) is 6.40. The molecule has 1 aliphatic heterocycles. The minimum Gasteiger partial charge on any atom is -0.450 e. The molecule has 2 aromatic rings. The number of aromatic nitrogens is 2. The van der Waals surface area contributed by atoms with Crippen LogP contribution in [0.15, 0.2) is 35.1 Å². The summed E-state index contributed by atoms with van der Waals surface area (Å²) in [7, 11) is 0. The van der Waals surface area contributed by atoms with Crippen LogP contribution in [0, 0.1) is 6.92 Å². The number of nitrogens with zero attached hydrogens (tertiary/aromatic N) is 3. The molecule has 1 aromatic heterocycles. The van der Waals surface area contributed by atoms with Gasteiger partial charge in [0.1, 0.15) is 6.54 Å². The highest BCUT2D eigenvalue weighted by atomic mass is 16.6. The van der Waals surface area contributed by atoms with Crippen LogP contribution in [-0.2, 0) is 29.0 Å². The maximum Gasteiger partial charge on any atom is 0.410 e. The molecule has 0 atom stereocenters. The zero-order chi connectivity index (χ0) is 19.4. The van der Waals surface area contributed by atoms with Crippen molar-refractivity contribution < 1.29 is 14.3 Å². The minimum atomic E-state index is -0.398. The zero-order valence-electron chi connectivity index (χ0n) is 15.4. The van der Waals surface area contributed by atoms with Crippen LogP contribution in [0.3, 0.4) is 0 Å². The van der Waals surface area contributed by atoms with Crippen molar-refractivity contribution in [3.63, 3.8) is 0 Å². The van der Waals surface area contributed by atoms with E-state index in [-0.39, 0.29) is 24.6 Å². The molecule has 8 heteroatoms. The van der Waals surface area contributed by atoms with Gasteiger partial charge in [-0.2, -0.15) is 5.10 Å². The average molecular weight is 370 g/mol. The van der Waals surface area contributed by atoms with Crippen molar-refractivity contribution in [2.45, 2.75) is 33.4 Å². The largest absolute Gasteiger partial charge is 0.450 e. The number of amides is 2. The van der Waals surface area contributed by atoms with E-state index >= 15 is 0 Å². The van der Waals surface area contributed by atoms with Crippen LogP contribution in [0.4, 0.5) is 10.5 Å². The van der Waals surface area contributed by atoms with E-state index in [0.29, 0.717) is 30.8 Å². The van der Waals surface area contributed by atoms with Crippen molar-refractivity contribution in [2.24, 2.45) is 0 Å². The molecule has 0 saturated heterocycles. The first kappa shape index (κ1) is 18.6. The second kappa shape index (κ2) is 8.03. The molecule has 1 N–H and O–H groups in total. The molecule has 2 heterocycles. The number of hydrogen-bond acceptors (Lipinski definition) is 5. The Hall–Kier alpha value is -3.16. The monoisotopic (exact) mass is 370 g/mol. The topological polar surface area (TPSA) is 93.5 Å². The summed E-state index contributed by atoms with van der Waals surface area (Å²) in [5.74, 6) is -0.322. The van der Waals surface area contributed by atoms with Gasteiger partial charge in [-0.25, -0.2) is 9.48 Å². The van der Waals surface area contributed by atoms with E-state index in [1.54, 1.807) is 24.0 Å². The lowest BCUT2D eigenvalue weighted by atomic mass is 10.1. The van der Waals surface area contributed by atoms with Gasteiger partial charge in [-0.15, -0.1) is 0 Å². The van der Waals surface area contributed by atoms with Gasteiger partial charge in [-0.1, -0.05) is 17.7 Å². The van der Waals surface area contributed by atoms with Crippen LogP contribution in [-0.4, -0.2) is 39.8 Å². The van der Waals surface area contributed by atoms with E-state index in [1.165, 1.54) is 6.07 Å². The van der Waals surface area contributed by atoms with Gasteiger partial charge in [-0.3, -0.25) is 9.59 Å². The van der Waals surface area contributed by atoms with Crippen molar-refractivity contribution in [3.05, 3.63) is 57.5 Å². The third-order valence-corrected chi connectivity index (χ3v) is 4.30. The molecule has 0 radical (unpaired) electrons. The molecule has 8 nitrogen and oxygen atoms in total. The lowest BCUT2D eigenvalue weighted by Gasteiger charge is -2.27. The van der Waals surface area contributed by atoms with E-state index in [2.05, 4.69) is 10.4 Å². The van der Waals surface area contributed by atoms with Crippen molar-refractivity contribution in [1.29, 1.82) is 0 Å². The number of fused-ring (bicyclic) bond motifs is 1. The molecule has 0 spiro atoms. The third-order valence-electron chi connectivity index (χ3n) is 4.30. The molecule has 0 bridgehead atoms. The van der Waals surface area contributed by atoms with Crippen LogP contribution < -0.4 is 10.9 Å². The van der Waals surface area contributed by atoms with Crippen LogP contribution in [0.5, 0.6) is 0 Å². The first-order valence-electron chi connectivity index (χ1n) is 8.84. The molecule has 142 valence electrons. The number of ether oxygens (including phenoxy) is 1. The fraction of sp³-hybridized carbons (Fsp3) is 0.368. The predicted molar refractivity (Wildman–Crippen MR) is 99.4 cm³/mol.